The molecule has 0 aromatic rings. The molecule has 1 heterocycles. The molecule has 0 radical (unpaired) electrons. The Morgan fingerprint density at radius 1 is 1.33 bits per heavy atom. The lowest BCUT2D eigenvalue weighted by Crippen LogP contribution is -2.66. The van der Waals surface area contributed by atoms with Gasteiger partial charge in [0.05, 0.1) is 17.8 Å². The van der Waals surface area contributed by atoms with E-state index in [0.29, 0.717) is 19.0 Å². The summed E-state index contributed by atoms with van der Waals surface area (Å²) in [4.78, 5) is 20.5. The van der Waals surface area contributed by atoms with Crippen LogP contribution >= 0.6 is 0 Å². The first-order valence-electron chi connectivity index (χ1n) is 8.29. The zero-order valence-corrected chi connectivity index (χ0v) is 16.4. The van der Waals surface area contributed by atoms with Crippen molar-refractivity contribution in [3.63, 3.8) is 0 Å². The van der Waals surface area contributed by atoms with E-state index in [9.17, 15) is 13.2 Å². The smallest absolute Gasteiger partial charge is 0.242 e. The molecule has 1 amide bonds. The van der Waals surface area contributed by atoms with Crippen molar-refractivity contribution in [1.29, 1.82) is 0 Å². The third kappa shape index (κ3) is 5.34. The molecule has 0 bridgehead atoms. The lowest BCUT2D eigenvalue weighted by Gasteiger charge is -2.49. The van der Waals surface area contributed by atoms with Gasteiger partial charge in [-0.3, -0.25) is 9.79 Å². The average molecular weight is 362 g/mol. The number of hydrogen-bond donors (Lipinski definition) is 2. The molecular weight excluding hydrogens is 330 g/mol. The van der Waals surface area contributed by atoms with Gasteiger partial charge in [-0.05, 0) is 34.6 Å². The van der Waals surface area contributed by atoms with Crippen molar-refractivity contribution >= 4 is 21.9 Å². The molecule has 0 unspecified atom stereocenters. The molecule has 0 saturated carbocycles. The summed E-state index contributed by atoms with van der Waals surface area (Å²) < 4.78 is 25.3. The van der Waals surface area contributed by atoms with E-state index in [1.54, 1.807) is 14.0 Å². The van der Waals surface area contributed by atoms with Gasteiger partial charge in [-0.25, -0.2) is 13.1 Å². The van der Waals surface area contributed by atoms with Crippen molar-refractivity contribution in [3.05, 3.63) is 0 Å². The van der Waals surface area contributed by atoms with Crippen molar-refractivity contribution in [2.75, 3.05) is 39.0 Å². The van der Waals surface area contributed by atoms with Crippen LogP contribution in [0.3, 0.4) is 0 Å². The summed E-state index contributed by atoms with van der Waals surface area (Å²) in [7, 11) is -1.54. The molecule has 0 aromatic heterocycles. The molecule has 8 nitrogen and oxygen atoms in total. The van der Waals surface area contributed by atoms with Crippen molar-refractivity contribution < 1.29 is 13.2 Å². The number of amides is 1. The molecule has 140 valence electrons. The fourth-order valence-electron chi connectivity index (χ4n) is 3.13. The second kappa shape index (κ2) is 8.15. The van der Waals surface area contributed by atoms with Gasteiger partial charge in [-0.2, -0.15) is 0 Å². The van der Waals surface area contributed by atoms with Crippen LogP contribution in [0, 0.1) is 0 Å². The zero-order valence-electron chi connectivity index (χ0n) is 15.6. The van der Waals surface area contributed by atoms with Gasteiger partial charge in [0.15, 0.2) is 5.96 Å². The quantitative estimate of drug-likeness (QED) is 0.389. The zero-order chi connectivity index (χ0) is 18.5. The maximum absolute atomic E-state index is 12.5. The van der Waals surface area contributed by atoms with Gasteiger partial charge >= 0.3 is 0 Å². The molecule has 24 heavy (non-hydrogen) atoms. The van der Waals surface area contributed by atoms with Crippen LogP contribution in [0.15, 0.2) is 4.99 Å². The van der Waals surface area contributed by atoms with Crippen molar-refractivity contribution in [2.45, 2.75) is 46.2 Å². The Hall–Kier alpha value is -1.35. The number of piperazine rings is 1. The Balaban J connectivity index is 2.66. The number of aliphatic imine (C=N–C) groups is 1. The largest absolute Gasteiger partial charge is 0.355 e. The summed E-state index contributed by atoms with van der Waals surface area (Å²) in [6, 6.07) is 0.146. The fraction of sp³-hybridized carbons (Fsp3) is 0.867. The number of carbonyl (C=O) groups is 1. The average Bonchev–Trinajstić information content (AvgIpc) is 2.45. The van der Waals surface area contributed by atoms with Gasteiger partial charge in [-0.1, -0.05) is 0 Å². The predicted octanol–water partition coefficient (Wildman–Crippen LogP) is -0.168. The van der Waals surface area contributed by atoms with Gasteiger partial charge in [0.1, 0.15) is 0 Å². The first-order chi connectivity index (χ1) is 11.0. The van der Waals surface area contributed by atoms with Crippen LogP contribution in [0.5, 0.6) is 0 Å². The Morgan fingerprint density at radius 3 is 2.42 bits per heavy atom. The van der Waals surface area contributed by atoms with Crippen LogP contribution in [0.2, 0.25) is 0 Å². The normalized spacial score (nSPS) is 19.1. The van der Waals surface area contributed by atoms with Crippen molar-refractivity contribution in [2.24, 2.45) is 4.99 Å². The maximum Gasteiger partial charge on any atom is 0.242 e. The first kappa shape index (κ1) is 20.7. The third-order valence-electron chi connectivity index (χ3n) is 3.96. The maximum atomic E-state index is 12.5. The summed E-state index contributed by atoms with van der Waals surface area (Å²) in [5.41, 5.74) is -0.301. The molecule has 1 aliphatic heterocycles. The van der Waals surface area contributed by atoms with Crippen LogP contribution in [0.25, 0.3) is 0 Å². The molecule has 1 rings (SSSR count). The summed E-state index contributed by atoms with van der Waals surface area (Å²) in [5.74, 6) is 0.730. The highest BCUT2D eigenvalue weighted by Gasteiger charge is 2.40. The molecule has 0 spiro atoms. The molecule has 0 aliphatic carbocycles. The van der Waals surface area contributed by atoms with Crippen molar-refractivity contribution in [3.8, 4) is 0 Å². The van der Waals surface area contributed by atoms with Gasteiger partial charge in [-0.15, -0.1) is 0 Å². The van der Waals surface area contributed by atoms with E-state index in [2.05, 4.69) is 15.0 Å². The van der Waals surface area contributed by atoms with Gasteiger partial charge < -0.3 is 15.1 Å². The Kier molecular flexibility index (Phi) is 7.03. The second-order valence-corrected chi connectivity index (χ2v) is 8.89. The molecule has 1 saturated heterocycles. The van der Waals surface area contributed by atoms with Crippen LogP contribution in [-0.2, 0) is 14.8 Å². The van der Waals surface area contributed by atoms with Gasteiger partial charge in [0, 0.05) is 32.7 Å². The Bertz CT molecular complexity index is 572. The van der Waals surface area contributed by atoms with Crippen LogP contribution in [0.4, 0.5) is 0 Å². The summed E-state index contributed by atoms with van der Waals surface area (Å²) in [5, 5.41) is 3.12. The highest BCUT2D eigenvalue weighted by atomic mass is 32.2. The molecule has 0 atom stereocenters. The summed E-state index contributed by atoms with van der Waals surface area (Å²) >= 11 is 0. The first-order valence-corrected chi connectivity index (χ1v) is 9.94. The van der Waals surface area contributed by atoms with Crippen LogP contribution < -0.4 is 10.0 Å². The molecule has 1 fully saturated rings. The molecular formula is C15H31N5O3S. The summed E-state index contributed by atoms with van der Waals surface area (Å²) in [6.07, 6.45) is 0. The Morgan fingerprint density at radius 2 is 1.96 bits per heavy atom. The monoisotopic (exact) mass is 361 g/mol. The van der Waals surface area contributed by atoms with Crippen LogP contribution in [-0.4, -0.2) is 80.6 Å². The highest BCUT2D eigenvalue weighted by molar-refractivity contribution is 7.89. The number of nitrogens with zero attached hydrogens (tertiary/aromatic N) is 3. The van der Waals surface area contributed by atoms with E-state index in [-0.39, 0.29) is 36.3 Å². The number of rotatable bonds is 6. The molecule has 0 aromatic carbocycles. The minimum absolute atomic E-state index is 0.0571. The van der Waals surface area contributed by atoms with E-state index in [1.165, 1.54) is 0 Å². The van der Waals surface area contributed by atoms with E-state index >= 15 is 0 Å². The van der Waals surface area contributed by atoms with E-state index in [0.717, 1.165) is 0 Å². The second-order valence-electron chi connectivity index (χ2n) is 6.80. The number of nitrogens with one attached hydrogen (secondary N) is 2. The van der Waals surface area contributed by atoms with E-state index in [4.69, 9.17) is 0 Å². The SMILES string of the molecule is CCS(=O)(=O)NCCNC(=NC)N1CC(=O)N(C(C)C)C(C)(C)C1. The number of guanidine groups is 1. The standard InChI is InChI=1S/C15H31N5O3S/c1-7-24(22,23)18-9-8-17-14(16-6)19-10-13(21)20(12(2)3)15(4,5)11-19/h12,18H,7-11H2,1-6H3,(H,16,17). The van der Waals surface area contributed by atoms with Crippen LogP contribution in [0.1, 0.15) is 34.6 Å². The third-order valence-corrected chi connectivity index (χ3v) is 5.37. The number of sulfonamides is 1. The van der Waals surface area contributed by atoms with Gasteiger partial charge in [0.25, 0.3) is 0 Å². The topological polar surface area (TPSA) is 94.1 Å². The number of carbonyl (C=O) groups excluding carboxylic acids is 1. The minimum atomic E-state index is -3.20. The molecule has 1 aliphatic rings. The minimum Gasteiger partial charge on any atom is -0.355 e. The van der Waals surface area contributed by atoms with E-state index in [1.807, 2.05) is 37.5 Å². The lowest BCUT2D eigenvalue weighted by atomic mass is 9.96. The number of hydrogen-bond acceptors (Lipinski definition) is 4. The van der Waals surface area contributed by atoms with E-state index < -0.39 is 10.0 Å². The lowest BCUT2D eigenvalue weighted by molar-refractivity contribution is -0.145. The Labute approximate surface area is 145 Å². The highest BCUT2D eigenvalue weighted by Crippen LogP contribution is 2.24. The van der Waals surface area contributed by atoms with Crippen molar-refractivity contribution in [1.82, 2.24) is 19.8 Å². The fourth-order valence-corrected chi connectivity index (χ4v) is 3.75. The molecule has 2 N–H and O–H groups in total. The molecule has 9 heteroatoms. The van der Waals surface area contributed by atoms with Gasteiger partial charge in [0.2, 0.25) is 15.9 Å². The predicted molar refractivity (Wildman–Crippen MR) is 96.5 cm³/mol. The summed E-state index contributed by atoms with van der Waals surface area (Å²) in [6.45, 7) is 11.3.